The van der Waals surface area contributed by atoms with Crippen molar-refractivity contribution in [2.75, 3.05) is 17.2 Å². The molecule has 1 aliphatic rings. The van der Waals surface area contributed by atoms with E-state index in [1.807, 2.05) is 30.3 Å². The first-order valence-corrected chi connectivity index (χ1v) is 7.94. The maximum atomic E-state index is 12.4. The Morgan fingerprint density at radius 1 is 1.08 bits per heavy atom. The molecule has 2 N–H and O–H groups in total. The summed E-state index contributed by atoms with van der Waals surface area (Å²) in [5.41, 5.74) is 2.27. The van der Waals surface area contributed by atoms with E-state index in [0.717, 1.165) is 5.56 Å². The molecular weight excluding hydrogens is 332 g/mol. The second-order valence-electron chi connectivity index (χ2n) is 5.66. The number of hydrogen-bond donors (Lipinski definition) is 2. The summed E-state index contributed by atoms with van der Waals surface area (Å²) in [7, 11) is 0. The van der Waals surface area contributed by atoms with Gasteiger partial charge >= 0.3 is 0 Å². The molecule has 26 heavy (non-hydrogen) atoms. The fourth-order valence-corrected chi connectivity index (χ4v) is 2.55. The predicted octanol–water partition coefficient (Wildman–Crippen LogP) is 2.73. The maximum Gasteiger partial charge on any atom is 0.262 e. The Hall–Kier alpha value is -3.74. The summed E-state index contributed by atoms with van der Waals surface area (Å²) < 4.78 is 5.29. The van der Waals surface area contributed by atoms with Crippen molar-refractivity contribution in [2.24, 2.45) is 0 Å². The summed E-state index contributed by atoms with van der Waals surface area (Å²) in [4.78, 5) is 32.3. The Bertz CT molecular complexity index is 972. The molecule has 2 aromatic carbocycles. The smallest absolute Gasteiger partial charge is 0.262 e. The lowest BCUT2D eigenvalue weighted by atomic mass is 10.2. The van der Waals surface area contributed by atoms with E-state index in [9.17, 15) is 9.59 Å². The van der Waals surface area contributed by atoms with Crippen LogP contribution in [0, 0.1) is 0 Å². The van der Waals surface area contributed by atoms with Gasteiger partial charge in [0, 0.05) is 23.6 Å². The van der Waals surface area contributed by atoms with Crippen molar-refractivity contribution in [3.63, 3.8) is 0 Å². The molecule has 3 aromatic rings. The van der Waals surface area contributed by atoms with Gasteiger partial charge in [-0.2, -0.15) is 0 Å². The molecule has 7 heteroatoms. The van der Waals surface area contributed by atoms with E-state index in [1.54, 1.807) is 18.2 Å². The zero-order valence-electron chi connectivity index (χ0n) is 13.6. The van der Waals surface area contributed by atoms with Crippen LogP contribution < -0.4 is 15.4 Å². The predicted molar refractivity (Wildman–Crippen MR) is 96.0 cm³/mol. The largest absolute Gasteiger partial charge is 0.482 e. The number of anilines is 2. The number of nitrogens with one attached hydrogen (secondary N) is 2. The molecule has 0 atom stereocenters. The van der Waals surface area contributed by atoms with Crippen LogP contribution in [0.4, 0.5) is 11.4 Å². The standard InChI is InChI=1S/C19H14N4O3/c24-17-11-26-16-7-6-14(8-15(16)23-17)22-19(25)13-9-20-18(21-10-13)12-4-2-1-3-5-12/h1-10H,11H2,(H,22,25)(H,23,24). The van der Waals surface area contributed by atoms with Crippen LogP contribution in [0.3, 0.4) is 0 Å². The number of hydrogen-bond acceptors (Lipinski definition) is 5. The normalized spacial score (nSPS) is 12.5. The first-order chi connectivity index (χ1) is 12.7. The van der Waals surface area contributed by atoms with Crippen molar-refractivity contribution < 1.29 is 14.3 Å². The van der Waals surface area contributed by atoms with Crippen LogP contribution in [0.15, 0.2) is 60.9 Å². The Morgan fingerprint density at radius 2 is 1.85 bits per heavy atom. The van der Waals surface area contributed by atoms with E-state index in [2.05, 4.69) is 20.6 Å². The van der Waals surface area contributed by atoms with Gasteiger partial charge in [0.15, 0.2) is 12.4 Å². The minimum atomic E-state index is -0.340. The van der Waals surface area contributed by atoms with E-state index >= 15 is 0 Å². The van der Waals surface area contributed by atoms with Crippen LogP contribution in [-0.2, 0) is 4.79 Å². The number of rotatable bonds is 3. The molecule has 0 saturated carbocycles. The molecular formula is C19H14N4O3. The lowest BCUT2D eigenvalue weighted by Gasteiger charge is -2.18. The summed E-state index contributed by atoms with van der Waals surface area (Å²) in [6.07, 6.45) is 2.96. The van der Waals surface area contributed by atoms with Crippen molar-refractivity contribution in [2.45, 2.75) is 0 Å². The van der Waals surface area contributed by atoms with E-state index in [-0.39, 0.29) is 18.4 Å². The highest BCUT2D eigenvalue weighted by Gasteiger charge is 2.17. The summed E-state index contributed by atoms with van der Waals surface area (Å²) in [5, 5.41) is 5.46. The molecule has 2 amide bonds. The van der Waals surface area contributed by atoms with Crippen molar-refractivity contribution in [3.05, 3.63) is 66.5 Å². The van der Waals surface area contributed by atoms with Crippen LogP contribution in [-0.4, -0.2) is 28.4 Å². The SMILES string of the molecule is O=C1COc2ccc(NC(=O)c3cnc(-c4ccccc4)nc3)cc2N1. The highest BCUT2D eigenvalue weighted by molar-refractivity contribution is 6.04. The maximum absolute atomic E-state index is 12.4. The van der Waals surface area contributed by atoms with Crippen molar-refractivity contribution in [3.8, 4) is 17.1 Å². The number of carbonyl (C=O) groups excluding carboxylic acids is 2. The number of nitrogens with zero attached hydrogens (tertiary/aromatic N) is 2. The molecule has 1 aromatic heterocycles. The second kappa shape index (κ2) is 6.64. The fourth-order valence-electron chi connectivity index (χ4n) is 2.55. The minimum Gasteiger partial charge on any atom is -0.482 e. The number of benzene rings is 2. The molecule has 0 saturated heterocycles. The van der Waals surface area contributed by atoms with Gasteiger partial charge in [0.2, 0.25) is 0 Å². The minimum absolute atomic E-state index is 0.0101. The third-order valence-electron chi connectivity index (χ3n) is 3.82. The first-order valence-electron chi connectivity index (χ1n) is 7.94. The third-order valence-corrected chi connectivity index (χ3v) is 3.82. The van der Waals surface area contributed by atoms with Crippen molar-refractivity contribution >= 4 is 23.2 Å². The van der Waals surface area contributed by atoms with Gasteiger partial charge in [0.1, 0.15) is 5.75 Å². The van der Waals surface area contributed by atoms with Crippen LogP contribution in [0.1, 0.15) is 10.4 Å². The van der Waals surface area contributed by atoms with Gasteiger partial charge in [-0.25, -0.2) is 9.97 Å². The van der Waals surface area contributed by atoms with Crippen LogP contribution >= 0.6 is 0 Å². The van der Waals surface area contributed by atoms with E-state index in [1.165, 1.54) is 12.4 Å². The molecule has 1 aliphatic heterocycles. The molecule has 0 radical (unpaired) electrons. The van der Waals surface area contributed by atoms with Crippen LogP contribution in [0.5, 0.6) is 5.75 Å². The van der Waals surface area contributed by atoms with Gasteiger partial charge in [-0.1, -0.05) is 30.3 Å². The zero-order chi connectivity index (χ0) is 17.9. The van der Waals surface area contributed by atoms with Crippen LogP contribution in [0.2, 0.25) is 0 Å². The average Bonchev–Trinajstić information content (AvgIpc) is 2.68. The number of ether oxygens (including phenoxy) is 1. The van der Waals surface area contributed by atoms with Gasteiger partial charge < -0.3 is 15.4 Å². The lowest BCUT2D eigenvalue weighted by Crippen LogP contribution is -2.25. The summed E-state index contributed by atoms with van der Waals surface area (Å²) in [6, 6.07) is 14.6. The molecule has 0 aliphatic carbocycles. The van der Waals surface area contributed by atoms with Gasteiger partial charge in [-0.3, -0.25) is 9.59 Å². The first kappa shape index (κ1) is 15.8. The summed E-state index contributed by atoms with van der Waals surface area (Å²) in [6.45, 7) is -0.0101. The monoisotopic (exact) mass is 346 g/mol. The van der Waals surface area contributed by atoms with Gasteiger partial charge in [0.05, 0.1) is 11.3 Å². The van der Waals surface area contributed by atoms with E-state index < -0.39 is 0 Å². The van der Waals surface area contributed by atoms with Gasteiger partial charge in [0.25, 0.3) is 11.8 Å². The Labute approximate surface area is 149 Å². The molecule has 0 unspecified atom stereocenters. The molecule has 0 fully saturated rings. The van der Waals surface area contributed by atoms with Crippen molar-refractivity contribution in [1.82, 2.24) is 9.97 Å². The quantitative estimate of drug-likeness (QED) is 0.761. The van der Waals surface area contributed by atoms with Crippen molar-refractivity contribution in [1.29, 1.82) is 0 Å². The number of carbonyl (C=O) groups is 2. The highest BCUT2D eigenvalue weighted by Crippen LogP contribution is 2.30. The average molecular weight is 346 g/mol. The van der Waals surface area contributed by atoms with Crippen LogP contribution in [0.25, 0.3) is 11.4 Å². The molecule has 2 heterocycles. The molecule has 7 nitrogen and oxygen atoms in total. The number of amides is 2. The molecule has 0 spiro atoms. The summed E-state index contributed by atoms with van der Waals surface area (Å²) >= 11 is 0. The lowest BCUT2D eigenvalue weighted by molar-refractivity contribution is -0.118. The second-order valence-corrected chi connectivity index (χ2v) is 5.66. The number of aromatic nitrogens is 2. The van der Waals surface area contributed by atoms with Gasteiger partial charge in [-0.15, -0.1) is 0 Å². The fraction of sp³-hybridized carbons (Fsp3) is 0.0526. The Morgan fingerprint density at radius 3 is 2.62 bits per heavy atom. The summed E-state index contributed by atoms with van der Waals surface area (Å²) in [5.74, 6) is 0.549. The van der Waals surface area contributed by atoms with Gasteiger partial charge in [-0.05, 0) is 18.2 Å². The highest BCUT2D eigenvalue weighted by atomic mass is 16.5. The van der Waals surface area contributed by atoms with E-state index in [4.69, 9.17) is 4.74 Å². The zero-order valence-corrected chi connectivity index (χ0v) is 13.6. The molecule has 0 bridgehead atoms. The molecule has 4 rings (SSSR count). The third kappa shape index (κ3) is 3.23. The Kier molecular flexibility index (Phi) is 4.03. The Balaban J connectivity index is 1.50. The molecule has 128 valence electrons. The van der Waals surface area contributed by atoms with E-state index in [0.29, 0.717) is 28.5 Å². The topological polar surface area (TPSA) is 93.2 Å². The number of fused-ring (bicyclic) bond motifs is 1.